The van der Waals surface area contributed by atoms with Crippen molar-refractivity contribution in [2.75, 3.05) is 23.3 Å². The van der Waals surface area contributed by atoms with E-state index in [4.69, 9.17) is 51.4 Å². The molecule has 1 aliphatic heterocycles. The van der Waals surface area contributed by atoms with Gasteiger partial charge < -0.3 is 14.6 Å². The molecule has 1 amide bonds. The van der Waals surface area contributed by atoms with Crippen LogP contribution in [0.3, 0.4) is 0 Å². The molecule has 3 aromatic rings. The second-order valence-electron chi connectivity index (χ2n) is 7.38. The van der Waals surface area contributed by atoms with Gasteiger partial charge in [-0.2, -0.15) is 0 Å². The van der Waals surface area contributed by atoms with E-state index < -0.39 is 5.91 Å². The summed E-state index contributed by atoms with van der Waals surface area (Å²) in [5.41, 5.74) is 2.36. The number of anilines is 2. The molecule has 2 heterocycles. The van der Waals surface area contributed by atoms with Gasteiger partial charge in [-0.05, 0) is 73.9 Å². The lowest BCUT2D eigenvalue weighted by Gasteiger charge is -2.31. The Hall–Kier alpha value is -2.25. The molecule has 0 aliphatic carbocycles. The third-order valence-corrected chi connectivity index (χ3v) is 6.42. The molecule has 5 nitrogen and oxygen atoms in total. The molecule has 1 fully saturated rings. The Bertz CT molecular complexity index is 1160. The van der Waals surface area contributed by atoms with Gasteiger partial charge in [0.2, 0.25) is 0 Å². The summed E-state index contributed by atoms with van der Waals surface area (Å²) < 4.78 is 5.68. The van der Waals surface area contributed by atoms with Crippen molar-refractivity contribution in [3.05, 3.63) is 69.4 Å². The topological polar surface area (TPSA) is 57.5 Å². The van der Waals surface area contributed by atoms with Gasteiger partial charge in [-0.25, -0.2) is 0 Å². The number of para-hydroxylation sites is 1. The maximum absolute atomic E-state index is 12.6. The molecule has 0 atom stereocenters. The number of amides is 1. The smallest absolute Gasteiger partial charge is 0.293 e. The second-order valence-corrected chi connectivity index (χ2v) is 9.01. The number of hydrogen-bond donors (Lipinski definition) is 2. The van der Waals surface area contributed by atoms with E-state index in [2.05, 4.69) is 15.5 Å². The molecule has 0 unspecified atom stereocenters. The van der Waals surface area contributed by atoms with Gasteiger partial charge >= 0.3 is 0 Å². The van der Waals surface area contributed by atoms with Crippen LogP contribution >= 0.6 is 47.0 Å². The third-order valence-electron chi connectivity index (χ3n) is 5.17. The summed E-state index contributed by atoms with van der Waals surface area (Å²) in [5, 5.41) is 7.41. The van der Waals surface area contributed by atoms with Crippen LogP contribution in [0.2, 0.25) is 15.1 Å². The number of benzene rings is 2. The molecule has 32 heavy (non-hydrogen) atoms. The number of furan rings is 1. The molecular weight excluding hydrogens is 489 g/mol. The van der Waals surface area contributed by atoms with Gasteiger partial charge in [0.15, 0.2) is 10.9 Å². The SMILES string of the molecule is O=C(NC(=S)Nc1cccc(Cl)c1N1CCCCC1)c1ccc(-c2ccc(Cl)c(Cl)c2)o1. The van der Waals surface area contributed by atoms with Crippen molar-refractivity contribution in [1.29, 1.82) is 0 Å². The van der Waals surface area contributed by atoms with Gasteiger partial charge in [0.05, 0.1) is 26.4 Å². The standard InChI is InChI=1S/C23H20Cl3N3O2S/c24-15-8-7-14(13-17(15)26)19-9-10-20(31-19)22(30)28-23(32)27-18-6-4-5-16(25)21(18)29-11-2-1-3-12-29/h4-10,13H,1-3,11-12H2,(H2,27,28,30,32). The van der Waals surface area contributed by atoms with Gasteiger partial charge in [-0.15, -0.1) is 0 Å². The number of carbonyl (C=O) groups is 1. The van der Waals surface area contributed by atoms with Crippen LogP contribution < -0.4 is 15.5 Å². The highest BCUT2D eigenvalue weighted by Crippen LogP contribution is 2.35. The zero-order valence-electron chi connectivity index (χ0n) is 17.0. The van der Waals surface area contributed by atoms with Crippen LogP contribution in [-0.4, -0.2) is 24.1 Å². The van der Waals surface area contributed by atoms with Gasteiger partial charge in [0.25, 0.3) is 5.91 Å². The molecule has 4 rings (SSSR count). The number of rotatable bonds is 4. The predicted octanol–water partition coefficient (Wildman–Crippen LogP) is 7.02. The van der Waals surface area contributed by atoms with Crippen molar-refractivity contribution >= 4 is 69.4 Å². The summed E-state index contributed by atoms with van der Waals surface area (Å²) in [5.74, 6) is 0.155. The Labute approximate surface area is 206 Å². The van der Waals surface area contributed by atoms with E-state index in [0.29, 0.717) is 26.4 Å². The first-order valence-electron chi connectivity index (χ1n) is 10.1. The fourth-order valence-electron chi connectivity index (χ4n) is 3.64. The van der Waals surface area contributed by atoms with Crippen molar-refractivity contribution < 1.29 is 9.21 Å². The Morgan fingerprint density at radius 2 is 1.72 bits per heavy atom. The molecule has 1 aromatic heterocycles. The summed E-state index contributed by atoms with van der Waals surface area (Å²) in [4.78, 5) is 14.9. The number of carbonyl (C=O) groups excluding carboxylic acids is 1. The molecule has 9 heteroatoms. The minimum absolute atomic E-state index is 0.123. The first-order valence-corrected chi connectivity index (χ1v) is 11.7. The van der Waals surface area contributed by atoms with E-state index in [1.54, 1.807) is 30.3 Å². The maximum atomic E-state index is 12.6. The van der Waals surface area contributed by atoms with E-state index in [1.807, 2.05) is 18.2 Å². The molecule has 2 N–H and O–H groups in total. The Kier molecular flexibility index (Phi) is 7.26. The fourth-order valence-corrected chi connectivity index (χ4v) is 4.43. The average Bonchev–Trinajstić information content (AvgIpc) is 3.27. The summed E-state index contributed by atoms with van der Waals surface area (Å²) in [6.45, 7) is 1.86. The predicted molar refractivity (Wildman–Crippen MR) is 135 cm³/mol. The summed E-state index contributed by atoms with van der Waals surface area (Å²) in [7, 11) is 0. The number of thiocarbonyl (C=S) groups is 1. The van der Waals surface area contributed by atoms with E-state index in [0.717, 1.165) is 37.3 Å². The van der Waals surface area contributed by atoms with Crippen LogP contribution in [0.15, 0.2) is 52.9 Å². The van der Waals surface area contributed by atoms with Crippen LogP contribution in [-0.2, 0) is 0 Å². The number of halogens is 3. The van der Waals surface area contributed by atoms with E-state index in [9.17, 15) is 4.79 Å². The number of piperidine rings is 1. The van der Waals surface area contributed by atoms with Gasteiger partial charge in [-0.1, -0.05) is 40.9 Å². The van der Waals surface area contributed by atoms with Gasteiger partial charge in [-0.3, -0.25) is 10.1 Å². The molecule has 0 radical (unpaired) electrons. The largest absolute Gasteiger partial charge is 0.451 e. The minimum atomic E-state index is -0.463. The van der Waals surface area contributed by atoms with Crippen LogP contribution in [0.4, 0.5) is 11.4 Å². The number of hydrogen-bond acceptors (Lipinski definition) is 4. The van der Waals surface area contributed by atoms with Gasteiger partial charge in [0.1, 0.15) is 5.76 Å². The minimum Gasteiger partial charge on any atom is -0.451 e. The summed E-state index contributed by atoms with van der Waals surface area (Å²) in [6.07, 6.45) is 3.45. The second kappa shape index (κ2) is 10.1. The quantitative estimate of drug-likeness (QED) is 0.371. The highest BCUT2D eigenvalue weighted by Gasteiger charge is 2.19. The first-order chi connectivity index (χ1) is 15.4. The molecule has 1 aliphatic rings. The number of nitrogens with one attached hydrogen (secondary N) is 2. The third kappa shape index (κ3) is 5.21. The summed E-state index contributed by atoms with van der Waals surface area (Å²) >= 11 is 23.9. The number of nitrogens with zero attached hydrogens (tertiary/aromatic N) is 1. The fraction of sp³-hybridized carbons (Fsp3) is 0.217. The molecule has 166 valence electrons. The van der Waals surface area contributed by atoms with Crippen LogP contribution in [0.25, 0.3) is 11.3 Å². The van der Waals surface area contributed by atoms with E-state index in [1.165, 1.54) is 6.42 Å². The Morgan fingerprint density at radius 3 is 2.47 bits per heavy atom. The normalized spacial score (nSPS) is 13.7. The Balaban J connectivity index is 1.45. The lowest BCUT2D eigenvalue weighted by atomic mass is 10.1. The zero-order chi connectivity index (χ0) is 22.7. The molecule has 0 bridgehead atoms. The van der Waals surface area contributed by atoms with Crippen molar-refractivity contribution in [3.63, 3.8) is 0 Å². The highest BCUT2D eigenvalue weighted by atomic mass is 35.5. The highest BCUT2D eigenvalue weighted by molar-refractivity contribution is 7.80. The maximum Gasteiger partial charge on any atom is 0.293 e. The van der Waals surface area contributed by atoms with Crippen molar-refractivity contribution in [3.8, 4) is 11.3 Å². The molecule has 0 saturated carbocycles. The lowest BCUT2D eigenvalue weighted by Crippen LogP contribution is -2.35. The van der Waals surface area contributed by atoms with Crippen molar-refractivity contribution in [1.82, 2.24) is 5.32 Å². The molecular formula is C23H20Cl3N3O2S. The van der Waals surface area contributed by atoms with Crippen LogP contribution in [0.1, 0.15) is 29.8 Å². The molecule has 2 aromatic carbocycles. The van der Waals surface area contributed by atoms with E-state index >= 15 is 0 Å². The Morgan fingerprint density at radius 1 is 0.938 bits per heavy atom. The van der Waals surface area contributed by atoms with Gasteiger partial charge in [0, 0.05) is 18.7 Å². The molecule has 1 saturated heterocycles. The molecule has 0 spiro atoms. The zero-order valence-corrected chi connectivity index (χ0v) is 20.0. The van der Waals surface area contributed by atoms with Crippen LogP contribution in [0.5, 0.6) is 0 Å². The first kappa shape index (κ1) is 22.9. The van der Waals surface area contributed by atoms with E-state index in [-0.39, 0.29) is 10.9 Å². The van der Waals surface area contributed by atoms with Crippen molar-refractivity contribution in [2.45, 2.75) is 19.3 Å². The van der Waals surface area contributed by atoms with Crippen molar-refractivity contribution in [2.24, 2.45) is 0 Å². The van der Waals surface area contributed by atoms with Crippen LogP contribution in [0, 0.1) is 0 Å². The summed E-state index contributed by atoms with van der Waals surface area (Å²) in [6, 6.07) is 14.0. The lowest BCUT2D eigenvalue weighted by molar-refractivity contribution is 0.0951. The average molecular weight is 509 g/mol. The monoisotopic (exact) mass is 507 g/mol.